The lowest BCUT2D eigenvalue weighted by molar-refractivity contribution is -0.145. The number of esters is 1. The topological polar surface area (TPSA) is 26.3 Å². The van der Waals surface area contributed by atoms with Crippen molar-refractivity contribution >= 4 is 5.97 Å². The standard InChI is InChI=1S/C13H18O2/c1-13(2,3)11(12(14)15-4)10-8-6-5-7-9-10/h5-9,11H,1-4H3/t11-/m0/s1. The first kappa shape index (κ1) is 11.8. The van der Waals surface area contributed by atoms with Gasteiger partial charge in [0.1, 0.15) is 0 Å². The summed E-state index contributed by atoms with van der Waals surface area (Å²) in [4.78, 5) is 11.7. The van der Waals surface area contributed by atoms with Crippen LogP contribution in [0.5, 0.6) is 0 Å². The maximum absolute atomic E-state index is 11.7. The molecule has 0 heterocycles. The van der Waals surface area contributed by atoms with Crippen molar-refractivity contribution in [3.05, 3.63) is 35.9 Å². The first-order valence-corrected chi connectivity index (χ1v) is 5.09. The first-order valence-electron chi connectivity index (χ1n) is 5.09. The third-order valence-corrected chi connectivity index (χ3v) is 2.44. The van der Waals surface area contributed by atoms with Crippen LogP contribution in [0.1, 0.15) is 32.3 Å². The Kier molecular flexibility index (Phi) is 3.51. The number of ether oxygens (including phenoxy) is 1. The minimum atomic E-state index is -0.205. The fourth-order valence-electron chi connectivity index (χ4n) is 1.75. The van der Waals surface area contributed by atoms with Crippen LogP contribution in [0.4, 0.5) is 0 Å². The predicted octanol–water partition coefficient (Wildman–Crippen LogP) is 2.99. The molecule has 2 nitrogen and oxygen atoms in total. The zero-order valence-electron chi connectivity index (χ0n) is 9.78. The predicted molar refractivity (Wildman–Crippen MR) is 60.7 cm³/mol. The Balaban J connectivity index is 3.08. The molecule has 2 heteroatoms. The average molecular weight is 206 g/mol. The molecule has 15 heavy (non-hydrogen) atoms. The maximum atomic E-state index is 11.7. The molecular weight excluding hydrogens is 188 g/mol. The second kappa shape index (κ2) is 4.47. The van der Waals surface area contributed by atoms with E-state index in [-0.39, 0.29) is 17.3 Å². The number of hydrogen-bond donors (Lipinski definition) is 0. The lowest BCUT2D eigenvalue weighted by Crippen LogP contribution is -2.27. The third kappa shape index (κ3) is 2.82. The molecule has 1 rings (SSSR count). The SMILES string of the molecule is COC(=O)[C@H](c1ccccc1)C(C)(C)C. The first-order chi connectivity index (χ1) is 6.96. The molecule has 0 amide bonds. The molecule has 1 aromatic rings. The van der Waals surface area contributed by atoms with Crippen molar-refractivity contribution in [2.75, 3.05) is 7.11 Å². The number of methoxy groups -OCH3 is 1. The third-order valence-electron chi connectivity index (χ3n) is 2.44. The van der Waals surface area contributed by atoms with Crippen molar-refractivity contribution in [2.24, 2.45) is 5.41 Å². The van der Waals surface area contributed by atoms with Gasteiger partial charge in [-0.2, -0.15) is 0 Å². The van der Waals surface area contributed by atoms with Gasteiger partial charge >= 0.3 is 5.97 Å². The van der Waals surface area contributed by atoms with Gasteiger partial charge in [-0.3, -0.25) is 4.79 Å². The molecule has 0 bridgehead atoms. The van der Waals surface area contributed by atoms with Crippen LogP contribution in [-0.4, -0.2) is 13.1 Å². The van der Waals surface area contributed by atoms with Crippen molar-refractivity contribution in [3.8, 4) is 0 Å². The Morgan fingerprint density at radius 3 is 2.13 bits per heavy atom. The molecule has 1 aromatic carbocycles. The van der Waals surface area contributed by atoms with Crippen LogP contribution in [-0.2, 0) is 9.53 Å². The largest absolute Gasteiger partial charge is 0.469 e. The van der Waals surface area contributed by atoms with Gasteiger partial charge in [-0.15, -0.1) is 0 Å². The highest BCUT2D eigenvalue weighted by atomic mass is 16.5. The van der Waals surface area contributed by atoms with Gasteiger partial charge in [0.05, 0.1) is 13.0 Å². The summed E-state index contributed by atoms with van der Waals surface area (Å²) in [5.74, 6) is -0.377. The van der Waals surface area contributed by atoms with Gasteiger partial charge in [-0.25, -0.2) is 0 Å². The molecule has 0 fully saturated rings. The summed E-state index contributed by atoms with van der Waals surface area (Å²) in [6, 6.07) is 9.76. The molecule has 0 saturated carbocycles. The Hall–Kier alpha value is -1.31. The second-order valence-electron chi connectivity index (χ2n) is 4.73. The molecule has 0 N–H and O–H groups in total. The zero-order chi connectivity index (χ0) is 11.5. The summed E-state index contributed by atoms with van der Waals surface area (Å²) in [6.07, 6.45) is 0. The molecule has 0 radical (unpaired) electrons. The van der Waals surface area contributed by atoms with E-state index in [1.54, 1.807) is 0 Å². The lowest BCUT2D eigenvalue weighted by Gasteiger charge is -2.28. The Bertz CT molecular complexity index is 322. The van der Waals surface area contributed by atoms with Crippen LogP contribution in [0.2, 0.25) is 0 Å². The average Bonchev–Trinajstić information content (AvgIpc) is 2.17. The van der Waals surface area contributed by atoms with Gasteiger partial charge in [0.15, 0.2) is 0 Å². The van der Waals surface area contributed by atoms with Crippen LogP contribution >= 0.6 is 0 Å². The van der Waals surface area contributed by atoms with Crippen LogP contribution in [0, 0.1) is 5.41 Å². The number of carbonyl (C=O) groups is 1. The molecule has 0 unspecified atom stereocenters. The quantitative estimate of drug-likeness (QED) is 0.695. The summed E-state index contributed by atoms with van der Waals surface area (Å²) >= 11 is 0. The van der Waals surface area contributed by atoms with Gasteiger partial charge in [0.25, 0.3) is 0 Å². The summed E-state index contributed by atoms with van der Waals surface area (Å²) < 4.78 is 4.85. The summed E-state index contributed by atoms with van der Waals surface area (Å²) in [7, 11) is 1.43. The molecule has 0 aromatic heterocycles. The van der Waals surface area contributed by atoms with Crippen LogP contribution in [0.3, 0.4) is 0 Å². The van der Waals surface area contributed by atoms with E-state index in [2.05, 4.69) is 0 Å². The zero-order valence-corrected chi connectivity index (χ0v) is 9.78. The van der Waals surface area contributed by atoms with E-state index in [1.165, 1.54) is 7.11 Å². The number of hydrogen-bond acceptors (Lipinski definition) is 2. The summed E-state index contributed by atoms with van der Waals surface area (Å²) in [5.41, 5.74) is 0.880. The van der Waals surface area contributed by atoms with Gasteiger partial charge < -0.3 is 4.74 Å². The van der Waals surface area contributed by atoms with Crippen molar-refractivity contribution in [3.63, 3.8) is 0 Å². The van der Waals surface area contributed by atoms with Crippen molar-refractivity contribution in [1.82, 2.24) is 0 Å². The van der Waals surface area contributed by atoms with Crippen LogP contribution in [0.25, 0.3) is 0 Å². The molecular formula is C13H18O2. The maximum Gasteiger partial charge on any atom is 0.313 e. The van der Waals surface area contributed by atoms with E-state index in [0.29, 0.717) is 0 Å². The van der Waals surface area contributed by atoms with E-state index in [4.69, 9.17) is 4.74 Å². The highest BCUT2D eigenvalue weighted by Crippen LogP contribution is 2.35. The monoisotopic (exact) mass is 206 g/mol. The molecule has 82 valence electrons. The van der Waals surface area contributed by atoms with E-state index in [1.807, 2.05) is 51.1 Å². The second-order valence-corrected chi connectivity index (χ2v) is 4.73. The van der Waals surface area contributed by atoms with Crippen LogP contribution < -0.4 is 0 Å². The number of benzene rings is 1. The fourth-order valence-corrected chi connectivity index (χ4v) is 1.75. The van der Waals surface area contributed by atoms with E-state index in [9.17, 15) is 4.79 Å². The smallest absolute Gasteiger partial charge is 0.313 e. The lowest BCUT2D eigenvalue weighted by atomic mass is 9.76. The Labute approximate surface area is 91.3 Å². The summed E-state index contributed by atoms with van der Waals surface area (Å²) in [6.45, 7) is 6.13. The molecule has 0 saturated heterocycles. The summed E-state index contributed by atoms with van der Waals surface area (Å²) in [5, 5.41) is 0. The molecule has 0 spiro atoms. The Morgan fingerprint density at radius 2 is 1.73 bits per heavy atom. The van der Waals surface area contributed by atoms with Crippen LogP contribution in [0.15, 0.2) is 30.3 Å². The van der Waals surface area contributed by atoms with E-state index < -0.39 is 0 Å². The molecule has 0 aliphatic rings. The minimum absolute atomic E-state index is 0.131. The van der Waals surface area contributed by atoms with Crippen molar-refractivity contribution in [2.45, 2.75) is 26.7 Å². The highest BCUT2D eigenvalue weighted by molar-refractivity contribution is 5.79. The van der Waals surface area contributed by atoms with Gasteiger partial charge in [-0.1, -0.05) is 51.1 Å². The van der Waals surface area contributed by atoms with Gasteiger partial charge in [0.2, 0.25) is 0 Å². The minimum Gasteiger partial charge on any atom is -0.469 e. The Morgan fingerprint density at radius 1 is 1.20 bits per heavy atom. The molecule has 0 aliphatic heterocycles. The van der Waals surface area contributed by atoms with Gasteiger partial charge in [-0.05, 0) is 11.0 Å². The molecule has 0 aliphatic carbocycles. The normalized spacial score (nSPS) is 13.3. The van der Waals surface area contributed by atoms with E-state index >= 15 is 0 Å². The molecule has 1 atom stereocenters. The van der Waals surface area contributed by atoms with Crippen molar-refractivity contribution < 1.29 is 9.53 Å². The number of rotatable bonds is 2. The number of carbonyl (C=O) groups excluding carboxylic acids is 1. The van der Waals surface area contributed by atoms with E-state index in [0.717, 1.165) is 5.56 Å². The fraction of sp³-hybridized carbons (Fsp3) is 0.462. The highest BCUT2D eigenvalue weighted by Gasteiger charge is 2.33. The van der Waals surface area contributed by atoms with Crippen molar-refractivity contribution in [1.29, 1.82) is 0 Å². The van der Waals surface area contributed by atoms with Gasteiger partial charge in [0, 0.05) is 0 Å².